The quantitative estimate of drug-likeness (QED) is 0.854. The standard InChI is InChI=1S/C16H22FN3O2/c1-20(10-12-5-4-6-13(17)9-12)11-15(21)19-14-7-2-3-8-18-16(14)22/h4-6,9,14H,2-3,7-8,10-11H2,1H3,(H,18,22)(H,19,21)/t14-/m0/s1. The molecule has 6 heteroatoms. The van der Waals surface area contributed by atoms with Crippen molar-refractivity contribution in [1.82, 2.24) is 15.5 Å². The molecule has 0 aromatic heterocycles. The molecule has 22 heavy (non-hydrogen) atoms. The van der Waals surface area contributed by atoms with Crippen LogP contribution in [-0.4, -0.2) is 42.9 Å². The van der Waals surface area contributed by atoms with Crippen molar-refractivity contribution in [1.29, 1.82) is 0 Å². The summed E-state index contributed by atoms with van der Waals surface area (Å²) < 4.78 is 13.1. The fourth-order valence-corrected chi connectivity index (χ4v) is 2.57. The highest BCUT2D eigenvalue weighted by Crippen LogP contribution is 2.07. The van der Waals surface area contributed by atoms with Crippen molar-refractivity contribution >= 4 is 11.8 Å². The SMILES string of the molecule is CN(CC(=O)N[C@H]1CCCCNC1=O)Cc1cccc(F)c1. The number of benzene rings is 1. The van der Waals surface area contributed by atoms with Gasteiger partial charge in [0.1, 0.15) is 11.9 Å². The summed E-state index contributed by atoms with van der Waals surface area (Å²) in [6.07, 6.45) is 2.53. The van der Waals surface area contributed by atoms with Gasteiger partial charge < -0.3 is 10.6 Å². The van der Waals surface area contributed by atoms with Crippen LogP contribution in [0, 0.1) is 5.82 Å². The largest absolute Gasteiger partial charge is 0.354 e. The smallest absolute Gasteiger partial charge is 0.242 e. The number of carbonyl (C=O) groups is 2. The first-order chi connectivity index (χ1) is 10.5. The number of amides is 2. The zero-order valence-electron chi connectivity index (χ0n) is 12.8. The minimum absolute atomic E-state index is 0.112. The summed E-state index contributed by atoms with van der Waals surface area (Å²) in [7, 11) is 1.79. The Morgan fingerprint density at radius 3 is 3.05 bits per heavy atom. The van der Waals surface area contributed by atoms with Crippen LogP contribution in [0.25, 0.3) is 0 Å². The monoisotopic (exact) mass is 307 g/mol. The van der Waals surface area contributed by atoms with Crippen molar-refractivity contribution in [2.75, 3.05) is 20.1 Å². The maximum absolute atomic E-state index is 13.1. The Morgan fingerprint density at radius 2 is 2.27 bits per heavy atom. The minimum Gasteiger partial charge on any atom is -0.354 e. The third kappa shape index (κ3) is 5.11. The van der Waals surface area contributed by atoms with E-state index in [4.69, 9.17) is 0 Å². The van der Waals surface area contributed by atoms with Gasteiger partial charge in [-0.25, -0.2) is 4.39 Å². The molecule has 2 rings (SSSR count). The Bertz CT molecular complexity index is 536. The molecule has 1 aromatic carbocycles. The highest BCUT2D eigenvalue weighted by atomic mass is 19.1. The molecule has 1 atom stereocenters. The summed E-state index contributed by atoms with van der Waals surface area (Å²) in [6.45, 7) is 1.31. The highest BCUT2D eigenvalue weighted by Gasteiger charge is 2.22. The molecule has 5 nitrogen and oxygen atoms in total. The molecule has 2 amide bonds. The van der Waals surface area contributed by atoms with Crippen molar-refractivity contribution in [3.8, 4) is 0 Å². The molecule has 1 saturated heterocycles. The van der Waals surface area contributed by atoms with E-state index < -0.39 is 6.04 Å². The van der Waals surface area contributed by atoms with Gasteiger partial charge in [-0.2, -0.15) is 0 Å². The third-order valence-electron chi connectivity index (χ3n) is 3.63. The molecule has 0 radical (unpaired) electrons. The van der Waals surface area contributed by atoms with Gasteiger partial charge in [0.05, 0.1) is 6.54 Å². The van der Waals surface area contributed by atoms with E-state index >= 15 is 0 Å². The van der Waals surface area contributed by atoms with E-state index in [1.54, 1.807) is 18.0 Å². The Labute approximate surface area is 129 Å². The van der Waals surface area contributed by atoms with Gasteiger partial charge in [-0.3, -0.25) is 14.5 Å². The van der Waals surface area contributed by atoms with Gasteiger partial charge in [-0.1, -0.05) is 12.1 Å². The molecule has 1 fully saturated rings. The maximum Gasteiger partial charge on any atom is 0.242 e. The van der Waals surface area contributed by atoms with Crippen molar-refractivity contribution in [3.63, 3.8) is 0 Å². The topological polar surface area (TPSA) is 61.4 Å². The molecule has 0 aliphatic carbocycles. The first-order valence-electron chi connectivity index (χ1n) is 7.54. The molecule has 120 valence electrons. The Morgan fingerprint density at radius 1 is 1.45 bits per heavy atom. The van der Waals surface area contributed by atoms with Crippen LogP contribution in [0.2, 0.25) is 0 Å². The number of rotatable bonds is 5. The van der Waals surface area contributed by atoms with Crippen LogP contribution in [0.1, 0.15) is 24.8 Å². The van der Waals surface area contributed by atoms with E-state index in [0.29, 0.717) is 19.5 Å². The van der Waals surface area contributed by atoms with E-state index in [1.165, 1.54) is 12.1 Å². The molecule has 0 saturated carbocycles. The first-order valence-corrected chi connectivity index (χ1v) is 7.54. The number of likely N-dealkylation sites (N-methyl/N-ethyl adjacent to an activating group) is 1. The van der Waals surface area contributed by atoms with E-state index in [0.717, 1.165) is 18.4 Å². The second-order valence-electron chi connectivity index (χ2n) is 5.71. The lowest BCUT2D eigenvalue weighted by Gasteiger charge is -2.19. The Kier molecular flexibility index (Phi) is 5.89. The normalized spacial score (nSPS) is 18.7. The molecule has 0 unspecified atom stereocenters. The van der Waals surface area contributed by atoms with Crippen LogP contribution in [0.15, 0.2) is 24.3 Å². The molecule has 0 bridgehead atoms. The minimum atomic E-state index is -0.447. The highest BCUT2D eigenvalue weighted by molar-refractivity contribution is 5.88. The van der Waals surface area contributed by atoms with E-state index in [9.17, 15) is 14.0 Å². The average Bonchev–Trinajstić information content (AvgIpc) is 2.64. The van der Waals surface area contributed by atoms with Gasteiger partial charge in [0.15, 0.2) is 0 Å². The van der Waals surface area contributed by atoms with Gasteiger partial charge in [-0.05, 0) is 44.0 Å². The van der Waals surface area contributed by atoms with Gasteiger partial charge in [-0.15, -0.1) is 0 Å². The summed E-state index contributed by atoms with van der Waals surface area (Å²) in [5, 5.41) is 5.56. The second kappa shape index (κ2) is 7.89. The molecule has 1 heterocycles. The lowest BCUT2D eigenvalue weighted by atomic mass is 10.1. The molecule has 2 N–H and O–H groups in total. The number of nitrogens with zero attached hydrogens (tertiary/aromatic N) is 1. The summed E-state index contributed by atoms with van der Waals surface area (Å²) in [5.74, 6) is -0.593. The predicted octanol–water partition coefficient (Wildman–Crippen LogP) is 1.04. The van der Waals surface area contributed by atoms with Crippen molar-refractivity contribution < 1.29 is 14.0 Å². The number of hydrogen-bond donors (Lipinski definition) is 2. The van der Waals surface area contributed by atoms with Crippen molar-refractivity contribution in [2.45, 2.75) is 31.8 Å². The van der Waals surface area contributed by atoms with Crippen molar-refractivity contribution in [3.05, 3.63) is 35.6 Å². The Balaban J connectivity index is 1.81. The zero-order chi connectivity index (χ0) is 15.9. The number of hydrogen-bond acceptors (Lipinski definition) is 3. The van der Waals surface area contributed by atoms with Crippen LogP contribution in [-0.2, 0) is 16.1 Å². The lowest BCUT2D eigenvalue weighted by molar-refractivity contribution is -0.129. The second-order valence-corrected chi connectivity index (χ2v) is 5.71. The van der Waals surface area contributed by atoms with Crippen molar-refractivity contribution in [2.24, 2.45) is 0 Å². The van der Waals surface area contributed by atoms with E-state index in [-0.39, 0.29) is 24.2 Å². The first kappa shape index (κ1) is 16.4. The molecule has 1 aliphatic rings. The number of carbonyl (C=O) groups excluding carboxylic acids is 2. The summed E-state index contributed by atoms with van der Waals surface area (Å²) in [5.41, 5.74) is 0.808. The van der Waals surface area contributed by atoms with E-state index in [1.807, 2.05) is 6.07 Å². The molecular formula is C16H22FN3O2. The van der Waals surface area contributed by atoms with E-state index in [2.05, 4.69) is 10.6 Å². The zero-order valence-corrected chi connectivity index (χ0v) is 12.8. The van der Waals surface area contributed by atoms with Crippen LogP contribution >= 0.6 is 0 Å². The van der Waals surface area contributed by atoms with Crippen LogP contribution < -0.4 is 10.6 Å². The molecule has 1 aliphatic heterocycles. The van der Waals surface area contributed by atoms with Crippen LogP contribution in [0.3, 0.4) is 0 Å². The summed E-state index contributed by atoms with van der Waals surface area (Å²) in [4.78, 5) is 25.6. The lowest BCUT2D eigenvalue weighted by Crippen LogP contribution is -2.48. The molecular weight excluding hydrogens is 285 g/mol. The van der Waals surface area contributed by atoms with Crippen LogP contribution in [0.4, 0.5) is 4.39 Å². The van der Waals surface area contributed by atoms with Gasteiger partial charge in [0.25, 0.3) is 0 Å². The molecule has 0 spiro atoms. The number of halogens is 1. The summed E-state index contributed by atoms with van der Waals surface area (Å²) >= 11 is 0. The van der Waals surface area contributed by atoms with Gasteiger partial charge >= 0.3 is 0 Å². The Hall–Kier alpha value is -1.95. The third-order valence-corrected chi connectivity index (χ3v) is 3.63. The fourth-order valence-electron chi connectivity index (χ4n) is 2.57. The maximum atomic E-state index is 13.1. The van der Waals surface area contributed by atoms with Gasteiger partial charge in [0.2, 0.25) is 11.8 Å². The average molecular weight is 307 g/mol. The van der Waals surface area contributed by atoms with Crippen LogP contribution in [0.5, 0.6) is 0 Å². The van der Waals surface area contributed by atoms with Gasteiger partial charge in [0, 0.05) is 13.1 Å². The summed E-state index contributed by atoms with van der Waals surface area (Å²) in [6, 6.07) is 5.86. The number of nitrogens with one attached hydrogen (secondary N) is 2. The fraction of sp³-hybridized carbons (Fsp3) is 0.500. The predicted molar refractivity (Wildman–Crippen MR) is 81.5 cm³/mol. The molecule has 1 aromatic rings.